The molecule has 5 nitrogen and oxygen atoms in total. The van der Waals surface area contributed by atoms with E-state index in [0.717, 1.165) is 46.2 Å². The summed E-state index contributed by atoms with van der Waals surface area (Å²) in [5, 5.41) is 1.06. The molecule has 1 saturated heterocycles. The monoisotopic (exact) mass is 375 g/mol. The van der Waals surface area contributed by atoms with Crippen LogP contribution in [0.25, 0.3) is 10.9 Å². The fourth-order valence-corrected chi connectivity index (χ4v) is 3.77. The molecule has 5 heteroatoms. The number of carbonyl (C=O) groups excluding carboxylic acids is 1. The summed E-state index contributed by atoms with van der Waals surface area (Å²) in [6, 6.07) is 15.7. The molecule has 0 bridgehead atoms. The van der Waals surface area contributed by atoms with Gasteiger partial charge in [-0.1, -0.05) is 35.9 Å². The van der Waals surface area contributed by atoms with E-state index in [2.05, 4.69) is 9.88 Å². The molecule has 144 valence electrons. The van der Waals surface area contributed by atoms with Gasteiger partial charge < -0.3 is 9.88 Å². The van der Waals surface area contributed by atoms with E-state index in [4.69, 9.17) is 0 Å². The van der Waals surface area contributed by atoms with Crippen LogP contribution in [0.3, 0.4) is 0 Å². The van der Waals surface area contributed by atoms with Gasteiger partial charge in [-0.3, -0.25) is 14.5 Å². The van der Waals surface area contributed by atoms with E-state index in [0.29, 0.717) is 19.6 Å². The molecule has 1 N–H and O–H groups in total. The summed E-state index contributed by atoms with van der Waals surface area (Å²) in [6.07, 6.45) is 0. The predicted octanol–water partition coefficient (Wildman–Crippen LogP) is 3.10. The quantitative estimate of drug-likeness (QED) is 0.765. The second kappa shape index (κ2) is 7.60. The van der Waals surface area contributed by atoms with Crippen LogP contribution >= 0.6 is 0 Å². The first-order chi connectivity index (χ1) is 13.5. The maximum atomic E-state index is 12.7. The Balaban J connectivity index is 1.42. The number of aromatic amines is 1. The van der Waals surface area contributed by atoms with E-state index in [1.165, 1.54) is 0 Å². The number of nitrogens with one attached hydrogen (secondary N) is 1. The summed E-state index contributed by atoms with van der Waals surface area (Å²) < 4.78 is 0. The predicted molar refractivity (Wildman–Crippen MR) is 112 cm³/mol. The third-order valence-electron chi connectivity index (χ3n) is 5.52. The number of aryl methyl sites for hydroxylation is 2. The number of nitrogens with zero attached hydrogens (tertiary/aromatic N) is 2. The van der Waals surface area contributed by atoms with Crippen LogP contribution in [0.4, 0.5) is 0 Å². The summed E-state index contributed by atoms with van der Waals surface area (Å²) in [4.78, 5) is 32.3. The van der Waals surface area contributed by atoms with Crippen LogP contribution in [-0.4, -0.2) is 46.9 Å². The Morgan fingerprint density at radius 1 is 1.00 bits per heavy atom. The SMILES string of the molecule is Cc1ccc(C(=O)N2CCN(Cc3cc4cccc(C)c4[nH]c3=O)CC2)cc1. The van der Waals surface area contributed by atoms with Crippen molar-refractivity contribution < 1.29 is 4.79 Å². The van der Waals surface area contributed by atoms with Crippen molar-refractivity contribution in [3.8, 4) is 0 Å². The summed E-state index contributed by atoms with van der Waals surface area (Å²) in [6.45, 7) is 7.51. The second-order valence-corrected chi connectivity index (χ2v) is 7.60. The zero-order valence-electron chi connectivity index (χ0n) is 16.4. The number of amides is 1. The van der Waals surface area contributed by atoms with Crippen LogP contribution in [0.15, 0.2) is 53.3 Å². The van der Waals surface area contributed by atoms with Crippen LogP contribution in [0.5, 0.6) is 0 Å². The van der Waals surface area contributed by atoms with E-state index in [9.17, 15) is 9.59 Å². The van der Waals surface area contributed by atoms with Gasteiger partial charge in [0.25, 0.3) is 11.5 Å². The van der Waals surface area contributed by atoms with Crippen molar-refractivity contribution in [1.82, 2.24) is 14.8 Å². The van der Waals surface area contributed by atoms with Crippen LogP contribution in [-0.2, 0) is 6.54 Å². The number of hydrogen-bond donors (Lipinski definition) is 1. The molecule has 0 unspecified atom stereocenters. The Bertz CT molecular complexity index is 1060. The van der Waals surface area contributed by atoms with Crippen LogP contribution < -0.4 is 5.56 Å². The normalized spacial score (nSPS) is 15.1. The van der Waals surface area contributed by atoms with Gasteiger partial charge in [-0.2, -0.15) is 0 Å². The first-order valence-electron chi connectivity index (χ1n) is 9.71. The molecule has 0 spiro atoms. The number of carbonyl (C=O) groups is 1. The fraction of sp³-hybridized carbons (Fsp3) is 0.304. The van der Waals surface area contributed by atoms with Gasteiger partial charge in [0.05, 0.1) is 5.52 Å². The molecule has 28 heavy (non-hydrogen) atoms. The van der Waals surface area contributed by atoms with Crippen molar-refractivity contribution in [2.75, 3.05) is 26.2 Å². The van der Waals surface area contributed by atoms with Gasteiger partial charge in [-0.05, 0) is 43.0 Å². The number of hydrogen-bond acceptors (Lipinski definition) is 3. The summed E-state index contributed by atoms with van der Waals surface area (Å²) in [5.74, 6) is 0.0821. The van der Waals surface area contributed by atoms with Gasteiger partial charge in [-0.25, -0.2) is 0 Å². The Morgan fingerprint density at radius 3 is 2.43 bits per heavy atom. The highest BCUT2D eigenvalue weighted by atomic mass is 16.2. The number of pyridine rings is 1. The van der Waals surface area contributed by atoms with Gasteiger partial charge in [0.2, 0.25) is 0 Å². The maximum absolute atomic E-state index is 12.7. The number of fused-ring (bicyclic) bond motifs is 1. The molecule has 0 saturated carbocycles. The number of piperazine rings is 1. The lowest BCUT2D eigenvalue weighted by molar-refractivity contribution is 0.0628. The van der Waals surface area contributed by atoms with Crippen molar-refractivity contribution in [2.45, 2.75) is 20.4 Å². The van der Waals surface area contributed by atoms with E-state index >= 15 is 0 Å². The van der Waals surface area contributed by atoms with Crippen molar-refractivity contribution in [1.29, 1.82) is 0 Å². The minimum Gasteiger partial charge on any atom is -0.336 e. The van der Waals surface area contributed by atoms with Crippen LogP contribution in [0.2, 0.25) is 0 Å². The summed E-state index contributed by atoms with van der Waals surface area (Å²) >= 11 is 0. The summed E-state index contributed by atoms with van der Waals surface area (Å²) in [7, 11) is 0. The summed E-state index contributed by atoms with van der Waals surface area (Å²) in [5.41, 5.74) is 4.61. The van der Waals surface area contributed by atoms with Gasteiger partial charge in [0, 0.05) is 43.9 Å². The molecular formula is C23H25N3O2. The Hall–Kier alpha value is -2.92. The molecule has 4 rings (SSSR count). The third kappa shape index (κ3) is 3.71. The topological polar surface area (TPSA) is 56.4 Å². The Labute approximate surface area is 164 Å². The first kappa shape index (κ1) is 18.4. The molecule has 0 atom stereocenters. The number of benzene rings is 2. The first-order valence-corrected chi connectivity index (χ1v) is 9.71. The Kier molecular flexibility index (Phi) is 5.01. The molecule has 1 aromatic heterocycles. The number of rotatable bonds is 3. The van der Waals surface area contributed by atoms with Gasteiger partial charge >= 0.3 is 0 Å². The molecule has 1 fully saturated rings. The van der Waals surface area contributed by atoms with E-state index in [1.807, 2.05) is 67.3 Å². The molecule has 2 heterocycles. The van der Waals surface area contributed by atoms with Crippen molar-refractivity contribution in [2.24, 2.45) is 0 Å². The average Bonchev–Trinajstić information content (AvgIpc) is 2.70. The van der Waals surface area contributed by atoms with E-state index in [-0.39, 0.29) is 11.5 Å². The molecule has 1 aliphatic heterocycles. The number of H-pyrrole nitrogens is 1. The van der Waals surface area contributed by atoms with Gasteiger partial charge in [0.1, 0.15) is 0 Å². The average molecular weight is 375 g/mol. The van der Waals surface area contributed by atoms with Crippen molar-refractivity contribution in [3.63, 3.8) is 0 Å². The smallest absolute Gasteiger partial charge is 0.253 e. The minimum absolute atomic E-state index is 0.0278. The second-order valence-electron chi connectivity index (χ2n) is 7.60. The van der Waals surface area contributed by atoms with Crippen molar-refractivity contribution >= 4 is 16.8 Å². The van der Waals surface area contributed by atoms with Gasteiger partial charge in [-0.15, -0.1) is 0 Å². The van der Waals surface area contributed by atoms with Gasteiger partial charge in [0.15, 0.2) is 0 Å². The lowest BCUT2D eigenvalue weighted by atomic mass is 10.1. The highest BCUT2D eigenvalue weighted by Gasteiger charge is 2.22. The van der Waals surface area contributed by atoms with E-state index < -0.39 is 0 Å². The molecule has 1 aliphatic rings. The Morgan fingerprint density at radius 2 is 1.71 bits per heavy atom. The minimum atomic E-state index is -0.0278. The molecule has 3 aromatic rings. The zero-order chi connectivity index (χ0) is 19.7. The van der Waals surface area contributed by atoms with Crippen LogP contribution in [0, 0.1) is 13.8 Å². The number of para-hydroxylation sites is 1. The third-order valence-corrected chi connectivity index (χ3v) is 5.52. The lowest BCUT2D eigenvalue weighted by Crippen LogP contribution is -2.48. The molecule has 0 aliphatic carbocycles. The largest absolute Gasteiger partial charge is 0.336 e. The van der Waals surface area contributed by atoms with E-state index in [1.54, 1.807) is 0 Å². The fourth-order valence-electron chi connectivity index (χ4n) is 3.77. The number of aromatic nitrogens is 1. The van der Waals surface area contributed by atoms with Crippen molar-refractivity contribution in [3.05, 3.63) is 81.1 Å². The molecule has 0 radical (unpaired) electrons. The highest BCUT2D eigenvalue weighted by molar-refractivity contribution is 5.94. The standard InChI is InChI=1S/C23H25N3O2/c1-16-6-8-18(9-7-16)23(28)26-12-10-25(11-13-26)15-20-14-19-5-3-4-17(2)21(19)24-22(20)27/h3-9,14H,10-13,15H2,1-2H3,(H,24,27). The highest BCUT2D eigenvalue weighted by Crippen LogP contribution is 2.17. The maximum Gasteiger partial charge on any atom is 0.253 e. The molecule has 1 amide bonds. The lowest BCUT2D eigenvalue weighted by Gasteiger charge is -2.34. The molecule has 2 aromatic carbocycles. The molecular weight excluding hydrogens is 350 g/mol. The van der Waals surface area contributed by atoms with Crippen LogP contribution in [0.1, 0.15) is 27.0 Å². The zero-order valence-corrected chi connectivity index (χ0v) is 16.4.